The quantitative estimate of drug-likeness (QED) is 0.836. The Morgan fingerprint density at radius 2 is 1.94 bits per heavy atom. The minimum atomic E-state index is -0.304. The molecule has 0 fully saturated rings. The average molecular weight is 365 g/mol. The highest BCUT2D eigenvalue weighted by Crippen LogP contribution is 2.33. The molecule has 0 aliphatic heterocycles. The average Bonchev–Trinajstić information content (AvgIpc) is 2.67. The first-order valence-corrected chi connectivity index (χ1v) is 6.94. The molecule has 84 valence electrons. The van der Waals surface area contributed by atoms with Gasteiger partial charge in [0.1, 0.15) is 5.82 Å². The predicted octanol–water partition coefficient (Wildman–Crippen LogP) is 4.46. The van der Waals surface area contributed by atoms with Gasteiger partial charge in [0.2, 0.25) is 0 Å². The van der Waals surface area contributed by atoms with Gasteiger partial charge in [-0.05, 0) is 51.8 Å². The smallest absolute Gasteiger partial charge is 0.123 e. The molecule has 5 heteroatoms. The van der Waals surface area contributed by atoms with Gasteiger partial charge in [0.05, 0.1) is 9.83 Å². The first kappa shape index (κ1) is 12.2. The van der Waals surface area contributed by atoms with Gasteiger partial charge in [-0.25, -0.2) is 4.39 Å². The fourth-order valence-electron chi connectivity index (χ4n) is 1.40. The first-order valence-electron chi connectivity index (χ1n) is 4.53. The second-order valence-electron chi connectivity index (χ2n) is 3.29. The highest BCUT2D eigenvalue weighted by atomic mass is 79.9. The van der Waals surface area contributed by atoms with E-state index < -0.39 is 0 Å². The van der Waals surface area contributed by atoms with Crippen molar-refractivity contribution in [2.24, 2.45) is 5.73 Å². The minimum Gasteiger partial charge on any atom is -0.320 e. The van der Waals surface area contributed by atoms with Crippen molar-refractivity contribution in [3.05, 3.63) is 54.8 Å². The lowest BCUT2D eigenvalue weighted by atomic mass is 10.1. The van der Waals surface area contributed by atoms with Crippen molar-refractivity contribution >= 4 is 43.2 Å². The molecule has 1 aromatic carbocycles. The third kappa shape index (κ3) is 2.53. The van der Waals surface area contributed by atoms with Gasteiger partial charge in [-0.3, -0.25) is 0 Å². The molecule has 1 nitrogen and oxygen atoms in total. The van der Waals surface area contributed by atoms with E-state index in [1.54, 1.807) is 17.4 Å². The zero-order valence-electron chi connectivity index (χ0n) is 8.08. The maximum absolute atomic E-state index is 13.1. The number of hydrogen-bond donors (Lipinski definition) is 1. The van der Waals surface area contributed by atoms with E-state index in [0.717, 1.165) is 18.7 Å². The topological polar surface area (TPSA) is 26.0 Å². The number of rotatable bonds is 2. The molecule has 1 atom stereocenters. The van der Waals surface area contributed by atoms with Crippen molar-refractivity contribution in [3.63, 3.8) is 0 Å². The van der Waals surface area contributed by atoms with E-state index in [1.807, 2.05) is 12.1 Å². The number of benzene rings is 1. The van der Waals surface area contributed by atoms with Crippen molar-refractivity contribution in [1.82, 2.24) is 0 Å². The molecule has 0 spiro atoms. The molecule has 0 aliphatic rings. The van der Waals surface area contributed by atoms with Crippen LogP contribution in [0.25, 0.3) is 0 Å². The Balaban J connectivity index is 2.40. The van der Waals surface area contributed by atoms with Crippen molar-refractivity contribution in [1.29, 1.82) is 0 Å². The van der Waals surface area contributed by atoms with Gasteiger partial charge < -0.3 is 5.73 Å². The van der Waals surface area contributed by atoms with Crippen LogP contribution in [0.1, 0.15) is 16.5 Å². The fourth-order valence-corrected chi connectivity index (χ4v) is 3.34. The Kier molecular flexibility index (Phi) is 3.79. The Hall–Kier alpha value is -0.230. The molecule has 1 unspecified atom stereocenters. The van der Waals surface area contributed by atoms with Gasteiger partial charge in [0.15, 0.2) is 0 Å². The molecule has 0 amide bonds. The molecular weight excluding hydrogens is 357 g/mol. The Morgan fingerprint density at radius 3 is 2.56 bits per heavy atom. The lowest BCUT2D eigenvalue weighted by Gasteiger charge is -2.12. The molecule has 2 aromatic rings. The summed E-state index contributed by atoms with van der Waals surface area (Å²) in [7, 11) is 0. The normalized spacial score (nSPS) is 12.8. The number of hydrogen-bond acceptors (Lipinski definition) is 2. The molecule has 16 heavy (non-hydrogen) atoms. The predicted molar refractivity (Wildman–Crippen MR) is 72.1 cm³/mol. The lowest BCUT2D eigenvalue weighted by Crippen LogP contribution is -2.11. The van der Waals surface area contributed by atoms with Gasteiger partial charge in [-0.2, -0.15) is 0 Å². The highest BCUT2D eigenvalue weighted by Gasteiger charge is 2.14. The summed E-state index contributed by atoms with van der Waals surface area (Å²) in [5, 5.41) is 0. The van der Waals surface area contributed by atoms with Crippen LogP contribution in [0.3, 0.4) is 0 Å². The van der Waals surface area contributed by atoms with E-state index >= 15 is 0 Å². The Morgan fingerprint density at radius 1 is 1.19 bits per heavy atom. The van der Waals surface area contributed by atoms with Crippen LogP contribution in [0.2, 0.25) is 0 Å². The SMILES string of the molecule is NC(c1ccc(Br)s1)c1cc(F)ccc1Br. The lowest BCUT2D eigenvalue weighted by molar-refractivity contribution is 0.623. The summed E-state index contributed by atoms with van der Waals surface area (Å²) in [4.78, 5) is 0.998. The van der Waals surface area contributed by atoms with Gasteiger partial charge in [-0.15, -0.1) is 11.3 Å². The molecule has 0 saturated heterocycles. The second-order valence-corrected chi connectivity index (χ2v) is 6.63. The van der Waals surface area contributed by atoms with E-state index in [-0.39, 0.29) is 11.9 Å². The van der Waals surface area contributed by atoms with Gasteiger partial charge in [-0.1, -0.05) is 15.9 Å². The van der Waals surface area contributed by atoms with Crippen molar-refractivity contribution in [2.75, 3.05) is 0 Å². The zero-order valence-corrected chi connectivity index (χ0v) is 12.1. The van der Waals surface area contributed by atoms with E-state index in [9.17, 15) is 4.39 Å². The highest BCUT2D eigenvalue weighted by molar-refractivity contribution is 9.11. The molecule has 0 saturated carbocycles. The standard InChI is InChI=1S/C11H8Br2FNS/c12-8-2-1-6(14)5-7(8)11(15)9-3-4-10(13)16-9/h1-5,11H,15H2. The largest absolute Gasteiger partial charge is 0.320 e. The zero-order chi connectivity index (χ0) is 11.7. The number of halogens is 3. The summed E-state index contributed by atoms with van der Waals surface area (Å²) in [6.45, 7) is 0. The van der Waals surface area contributed by atoms with Crippen LogP contribution in [-0.2, 0) is 0 Å². The molecule has 1 heterocycles. The van der Waals surface area contributed by atoms with E-state index in [2.05, 4.69) is 31.9 Å². The second kappa shape index (κ2) is 4.96. The van der Waals surface area contributed by atoms with E-state index in [4.69, 9.17) is 5.73 Å². The van der Waals surface area contributed by atoms with Crippen LogP contribution in [0, 0.1) is 5.82 Å². The third-order valence-corrected chi connectivity index (χ3v) is 4.62. The maximum atomic E-state index is 13.1. The molecule has 0 bridgehead atoms. The minimum absolute atomic E-state index is 0.274. The van der Waals surface area contributed by atoms with Crippen LogP contribution >= 0.6 is 43.2 Å². The summed E-state index contributed by atoms with van der Waals surface area (Å²) in [5.41, 5.74) is 6.85. The summed E-state index contributed by atoms with van der Waals surface area (Å²) in [6.07, 6.45) is 0. The van der Waals surface area contributed by atoms with Crippen molar-refractivity contribution in [3.8, 4) is 0 Å². The van der Waals surface area contributed by atoms with Gasteiger partial charge in [0.25, 0.3) is 0 Å². The third-order valence-electron chi connectivity index (χ3n) is 2.19. The monoisotopic (exact) mass is 363 g/mol. The Bertz CT molecular complexity index is 512. The Labute approximate surface area is 114 Å². The van der Waals surface area contributed by atoms with Crippen molar-refractivity contribution < 1.29 is 4.39 Å². The van der Waals surface area contributed by atoms with Crippen LogP contribution in [0.5, 0.6) is 0 Å². The molecule has 0 aliphatic carbocycles. The van der Waals surface area contributed by atoms with Crippen LogP contribution < -0.4 is 5.73 Å². The molecule has 1 aromatic heterocycles. The molecule has 0 radical (unpaired) electrons. The molecule has 2 rings (SSSR count). The summed E-state index contributed by atoms with van der Waals surface area (Å²) in [5.74, 6) is -0.274. The fraction of sp³-hybridized carbons (Fsp3) is 0.0909. The summed E-state index contributed by atoms with van der Waals surface area (Å²) < 4.78 is 15.0. The van der Waals surface area contributed by atoms with E-state index in [1.165, 1.54) is 12.1 Å². The van der Waals surface area contributed by atoms with Crippen LogP contribution in [0.15, 0.2) is 38.6 Å². The van der Waals surface area contributed by atoms with Crippen molar-refractivity contribution in [2.45, 2.75) is 6.04 Å². The molecular formula is C11H8Br2FNS. The van der Waals surface area contributed by atoms with Crippen LogP contribution in [-0.4, -0.2) is 0 Å². The summed E-state index contributed by atoms with van der Waals surface area (Å²) >= 11 is 8.32. The number of nitrogens with two attached hydrogens (primary N) is 1. The van der Waals surface area contributed by atoms with Gasteiger partial charge >= 0.3 is 0 Å². The first-order chi connectivity index (χ1) is 7.58. The summed E-state index contributed by atoms with van der Waals surface area (Å²) in [6, 6.07) is 8.12. The molecule has 2 N–H and O–H groups in total. The van der Waals surface area contributed by atoms with Crippen LogP contribution in [0.4, 0.5) is 4.39 Å². The maximum Gasteiger partial charge on any atom is 0.123 e. The van der Waals surface area contributed by atoms with E-state index in [0.29, 0.717) is 0 Å². The number of thiophene rings is 1. The van der Waals surface area contributed by atoms with Gasteiger partial charge in [0, 0.05) is 9.35 Å².